The van der Waals surface area contributed by atoms with E-state index in [2.05, 4.69) is 5.32 Å². The van der Waals surface area contributed by atoms with E-state index in [1.807, 2.05) is 6.92 Å². The third kappa shape index (κ3) is 4.25. The van der Waals surface area contributed by atoms with Crippen molar-refractivity contribution >= 4 is 11.6 Å². The smallest absolute Gasteiger partial charge is 0.226 e. The number of nitrogens with one attached hydrogen (secondary N) is 1. The van der Waals surface area contributed by atoms with Crippen LogP contribution in [0.15, 0.2) is 18.2 Å². The van der Waals surface area contributed by atoms with Gasteiger partial charge in [0.05, 0.1) is 12.8 Å². The van der Waals surface area contributed by atoms with Crippen molar-refractivity contribution in [3.63, 3.8) is 0 Å². The highest BCUT2D eigenvalue weighted by Crippen LogP contribution is 2.27. The third-order valence-corrected chi connectivity index (χ3v) is 2.58. The molecule has 0 aliphatic carbocycles. The highest BCUT2D eigenvalue weighted by atomic mass is 16.5. The Morgan fingerprint density at radius 1 is 1.56 bits per heavy atom. The number of ether oxygens (including phenoxy) is 1. The van der Waals surface area contributed by atoms with Crippen LogP contribution in [-0.4, -0.2) is 24.2 Å². The maximum atomic E-state index is 11.7. The van der Waals surface area contributed by atoms with Crippen LogP contribution in [0.2, 0.25) is 0 Å². The number of nitrogens with two attached hydrogens (primary N) is 1. The molecule has 1 unspecified atom stereocenters. The van der Waals surface area contributed by atoms with Gasteiger partial charge in [0.25, 0.3) is 0 Å². The Morgan fingerprint density at radius 3 is 2.89 bits per heavy atom. The van der Waals surface area contributed by atoms with Crippen LogP contribution in [0.3, 0.4) is 0 Å². The number of hydrogen-bond donors (Lipinski definition) is 3. The predicted octanol–water partition coefficient (Wildman–Crippen LogP) is 1.86. The standard InChI is InChI=1S/C13H20N2O3/c1-3-4-9(14)7-13(17)15-11-8-10(18-2)5-6-12(11)16/h5-6,8-9,16H,3-4,7,14H2,1-2H3,(H,15,17). The molecular formula is C13H20N2O3. The van der Waals surface area contributed by atoms with Crippen LogP contribution in [0.25, 0.3) is 0 Å². The second-order valence-corrected chi connectivity index (χ2v) is 4.18. The molecule has 0 bridgehead atoms. The Hall–Kier alpha value is -1.75. The van der Waals surface area contributed by atoms with Crippen molar-refractivity contribution < 1.29 is 14.6 Å². The fraction of sp³-hybridized carbons (Fsp3) is 0.462. The molecule has 0 spiro atoms. The summed E-state index contributed by atoms with van der Waals surface area (Å²) in [5, 5.41) is 12.2. The average Bonchev–Trinajstić information content (AvgIpc) is 2.32. The van der Waals surface area contributed by atoms with Crippen LogP contribution in [0, 0.1) is 0 Å². The second-order valence-electron chi connectivity index (χ2n) is 4.18. The number of phenolic OH excluding ortho intramolecular Hbond substituents is 1. The lowest BCUT2D eigenvalue weighted by Gasteiger charge is -2.12. The van der Waals surface area contributed by atoms with Crippen LogP contribution >= 0.6 is 0 Å². The van der Waals surface area contributed by atoms with E-state index in [0.717, 1.165) is 12.8 Å². The number of benzene rings is 1. The van der Waals surface area contributed by atoms with Crippen molar-refractivity contribution in [3.05, 3.63) is 18.2 Å². The number of amides is 1. The number of hydrogen-bond acceptors (Lipinski definition) is 4. The van der Waals surface area contributed by atoms with E-state index >= 15 is 0 Å². The first-order chi connectivity index (χ1) is 8.56. The van der Waals surface area contributed by atoms with E-state index in [4.69, 9.17) is 10.5 Å². The first kappa shape index (κ1) is 14.3. The minimum absolute atomic E-state index is 0.00760. The van der Waals surface area contributed by atoms with Gasteiger partial charge in [0.2, 0.25) is 5.91 Å². The molecule has 0 aliphatic rings. The number of anilines is 1. The SMILES string of the molecule is CCCC(N)CC(=O)Nc1cc(OC)ccc1O. The Morgan fingerprint density at radius 2 is 2.28 bits per heavy atom. The van der Waals surface area contributed by atoms with E-state index in [1.54, 1.807) is 12.1 Å². The molecule has 100 valence electrons. The summed E-state index contributed by atoms with van der Waals surface area (Å²) in [6, 6.07) is 4.51. The molecule has 0 radical (unpaired) electrons. The Bertz CT molecular complexity index is 407. The van der Waals surface area contributed by atoms with Gasteiger partial charge >= 0.3 is 0 Å². The quantitative estimate of drug-likeness (QED) is 0.675. The third-order valence-electron chi connectivity index (χ3n) is 2.58. The molecule has 1 amide bonds. The van der Waals surface area contributed by atoms with Crippen LogP contribution in [0.5, 0.6) is 11.5 Å². The predicted molar refractivity (Wildman–Crippen MR) is 70.8 cm³/mol. The lowest BCUT2D eigenvalue weighted by Crippen LogP contribution is -2.26. The minimum atomic E-state index is -0.209. The summed E-state index contributed by atoms with van der Waals surface area (Å²) >= 11 is 0. The molecule has 0 saturated carbocycles. The summed E-state index contributed by atoms with van der Waals surface area (Å²) in [6.45, 7) is 2.02. The monoisotopic (exact) mass is 252 g/mol. The maximum Gasteiger partial charge on any atom is 0.226 e. The number of rotatable bonds is 6. The highest BCUT2D eigenvalue weighted by molar-refractivity contribution is 5.92. The lowest BCUT2D eigenvalue weighted by molar-refractivity contribution is -0.116. The van der Waals surface area contributed by atoms with Gasteiger partial charge in [0.15, 0.2) is 0 Å². The molecule has 1 atom stereocenters. The number of carbonyl (C=O) groups excluding carboxylic acids is 1. The molecule has 1 aromatic rings. The summed E-state index contributed by atoms with van der Waals surface area (Å²) in [7, 11) is 1.52. The van der Waals surface area contributed by atoms with E-state index in [9.17, 15) is 9.90 Å². The maximum absolute atomic E-state index is 11.7. The largest absolute Gasteiger partial charge is 0.506 e. The van der Waals surface area contributed by atoms with Gasteiger partial charge in [-0.1, -0.05) is 13.3 Å². The van der Waals surface area contributed by atoms with Gasteiger partial charge in [-0.05, 0) is 18.6 Å². The molecule has 1 aromatic carbocycles. The molecule has 0 heterocycles. The van der Waals surface area contributed by atoms with E-state index in [1.165, 1.54) is 13.2 Å². The molecule has 0 saturated heterocycles. The summed E-state index contributed by atoms with van der Waals surface area (Å²) < 4.78 is 5.02. The molecule has 0 aliphatic heterocycles. The highest BCUT2D eigenvalue weighted by Gasteiger charge is 2.11. The first-order valence-corrected chi connectivity index (χ1v) is 5.99. The second kappa shape index (κ2) is 6.86. The molecule has 0 aromatic heterocycles. The molecule has 1 rings (SSSR count). The van der Waals surface area contributed by atoms with Gasteiger partial charge in [0.1, 0.15) is 11.5 Å². The van der Waals surface area contributed by atoms with E-state index in [-0.39, 0.29) is 24.1 Å². The topological polar surface area (TPSA) is 84.6 Å². The van der Waals surface area contributed by atoms with E-state index in [0.29, 0.717) is 11.4 Å². The fourth-order valence-corrected chi connectivity index (χ4v) is 1.65. The molecule has 18 heavy (non-hydrogen) atoms. The van der Waals surface area contributed by atoms with Crippen LogP contribution in [0.1, 0.15) is 26.2 Å². The number of aromatic hydroxyl groups is 1. The van der Waals surface area contributed by atoms with Crippen molar-refractivity contribution in [1.82, 2.24) is 0 Å². The van der Waals surface area contributed by atoms with Gasteiger partial charge < -0.3 is 20.9 Å². The van der Waals surface area contributed by atoms with Gasteiger partial charge in [-0.15, -0.1) is 0 Å². The number of phenols is 1. The zero-order valence-corrected chi connectivity index (χ0v) is 10.8. The van der Waals surface area contributed by atoms with Crippen LogP contribution in [-0.2, 0) is 4.79 Å². The van der Waals surface area contributed by atoms with E-state index < -0.39 is 0 Å². The summed E-state index contributed by atoms with van der Waals surface area (Å²) in [5.41, 5.74) is 6.12. The van der Waals surface area contributed by atoms with Crippen LogP contribution < -0.4 is 15.8 Å². The fourth-order valence-electron chi connectivity index (χ4n) is 1.65. The zero-order valence-electron chi connectivity index (χ0n) is 10.8. The van der Waals surface area contributed by atoms with Crippen molar-refractivity contribution in [2.24, 2.45) is 5.73 Å². The number of carbonyl (C=O) groups is 1. The minimum Gasteiger partial charge on any atom is -0.506 e. The van der Waals surface area contributed by atoms with Crippen molar-refractivity contribution in [2.75, 3.05) is 12.4 Å². The van der Waals surface area contributed by atoms with Gasteiger partial charge in [-0.25, -0.2) is 0 Å². The molecule has 5 heteroatoms. The molecule has 4 N–H and O–H groups in total. The van der Waals surface area contributed by atoms with Gasteiger partial charge in [-0.2, -0.15) is 0 Å². The summed E-state index contributed by atoms with van der Waals surface area (Å²) in [6.07, 6.45) is 1.99. The molecule has 5 nitrogen and oxygen atoms in total. The summed E-state index contributed by atoms with van der Waals surface area (Å²) in [5.74, 6) is 0.369. The molecular weight excluding hydrogens is 232 g/mol. The van der Waals surface area contributed by atoms with Crippen molar-refractivity contribution in [1.29, 1.82) is 0 Å². The van der Waals surface area contributed by atoms with Gasteiger partial charge in [-0.3, -0.25) is 4.79 Å². The Kier molecular flexibility index (Phi) is 5.45. The van der Waals surface area contributed by atoms with Crippen molar-refractivity contribution in [3.8, 4) is 11.5 Å². The lowest BCUT2D eigenvalue weighted by atomic mass is 10.1. The zero-order chi connectivity index (χ0) is 13.5. The van der Waals surface area contributed by atoms with Gasteiger partial charge in [0, 0.05) is 18.5 Å². The average molecular weight is 252 g/mol. The normalized spacial score (nSPS) is 11.9. The number of methoxy groups -OCH3 is 1. The molecule has 0 fully saturated rings. The first-order valence-electron chi connectivity index (χ1n) is 5.99. The van der Waals surface area contributed by atoms with Crippen molar-refractivity contribution in [2.45, 2.75) is 32.2 Å². The van der Waals surface area contributed by atoms with Crippen LogP contribution in [0.4, 0.5) is 5.69 Å². The summed E-state index contributed by atoms with van der Waals surface area (Å²) in [4.78, 5) is 11.7. The Labute approximate surface area is 107 Å². The Balaban J connectivity index is 2.63.